The van der Waals surface area contributed by atoms with Crippen LogP contribution in [0.3, 0.4) is 0 Å². The molecule has 2 amide bonds. The van der Waals surface area contributed by atoms with E-state index in [0.29, 0.717) is 0 Å². The quantitative estimate of drug-likeness (QED) is 0.881. The van der Waals surface area contributed by atoms with Gasteiger partial charge in [-0.25, -0.2) is 4.79 Å². The lowest BCUT2D eigenvalue weighted by Crippen LogP contribution is -2.55. The zero-order valence-electron chi connectivity index (χ0n) is 15.6. The number of rotatable bonds is 3. The molecule has 2 aromatic rings. The van der Waals surface area contributed by atoms with E-state index in [4.69, 9.17) is 0 Å². The number of hydrogen-bond acceptors (Lipinski definition) is 2. The summed E-state index contributed by atoms with van der Waals surface area (Å²) in [5, 5.41) is 6.13. The monoisotopic (exact) mass is 349 g/mol. The van der Waals surface area contributed by atoms with Gasteiger partial charge in [0.2, 0.25) is 0 Å². The van der Waals surface area contributed by atoms with Gasteiger partial charge in [-0.3, -0.25) is 0 Å². The number of amides is 2. The predicted octanol–water partition coefficient (Wildman–Crippen LogP) is 3.95. The SMILES string of the molecule is Cc1ccccc1N(C)[C@]1(c2ccccc2)CC[C@]2(CC1)CNC(=O)N2. The molecule has 2 aromatic carbocycles. The van der Waals surface area contributed by atoms with Crippen LogP contribution in [0.5, 0.6) is 0 Å². The summed E-state index contributed by atoms with van der Waals surface area (Å²) < 4.78 is 0. The number of carbonyl (C=O) groups excluding carboxylic acids is 1. The van der Waals surface area contributed by atoms with Crippen molar-refractivity contribution in [3.05, 3.63) is 65.7 Å². The summed E-state index contributed by atoms with van der Waals surface area (Å²) in [7, 11) is 2.22. The summed E-state index contributed by atoms with van der Waals surface area (Å²) in [6, 6.07) is 19.4. The molecule has 0 unspecified atom stereocenters. The van der Waals surface area contributed by atoms with Gasteiger partial charge in [-0.15, -0.1) is 0 Å². The summed E-state index contributed by atoms with van der Waals surface area (Å²) in [4.78, 5) is 14.2. The molecule has 2 aliphatic rings. The molecule has 2 N–H and O–H groups in total. The molecule has 0 radical (unpaired) electrons. The third-order valence-electron chi connectivity index (χ3n) is 6.43. The Morgan fingerprint density at radius 1 is 0.923 bits per heavy atom. The second-order valence-electron chi connectivity index (χ2n) is 7.83. The van der Waals surface area contributed by atoms with E-state index < -0.39 is 0 Å². The Morgan fingerprint density at radius 3 is 2.19 bits per heavy atom. The summed E-state index contributed by atoms with van der Waals surface area (Å²) >= 11 is 0. The van der Waals surface area contributed by atoms with Crippen molar-refractivity contribution in [3.63, 3.8) is 0 Å². The smallest absolute Gasteiger partial charge is 0.315 e. The molecular weight excluding hydrogens is 322 g/mol. The number of aryl methyl sites for hydroxylation is 1. The molecule has 136 valence electrons. The van der Waals surface area contributed by atoms with Crippen LogP contribution in [0, 0.1) is 6.92 Å². The third kappa shape index (κ3) is 2.74. The van der Waals surface area contributed by atoms with E-state index in [9.17, 15) is 4.79 Å². The van der Waals surface area contributed by atoms with Gasteiger partial charge in [0.1, 0.15) is 0 Å². The Balaban J connectivity index is 1.71. The molecule has 1 heterocycles. The molecule has 4 rings (SSSR count). The molecule has 2 fully saturated rings. The number of nitrogens with one attached hydrogen (secondary N) is 2. The van der Waals surface area contributed by atoms with Gasteiger partial charge in [-0.1, -0.05) is 48.5 Å². The number of para-hydroxylation sites is 1. The maximum Gasteiger partial charge on any atom is 0.315 e. The van der Waals surface area contributed by atoms with Crippen molar-refractivity contribution in [1.29, 1.82) is 0 Å². The lowest BCUT2D eigenvalue weighted by molar-refractivity contribution is 0.186. The predicted molar refractivity (Wildman–Crippen MR) is 105 cm³/mol. The first-order chi connectivity index (χ1) is 12.5. The zero-order valence-corrected chi connectivity index (χ0v) is 15.6. The van der Waals surface area contributed by atoms with Crippen molar-refractivity contribution in [2.45, 2.75) is 43.7 Å². The molecular formula is C22H27N3O. The van der Waals surface area contributed by atoms with Crippen LogP contribution in [0.1, 0.15) is 36.8 Å². The maximum absolute atomic E-state index is 11.7. The Bertz CT molecular complexity index is 794. The maximum atomic E-state index is 11.7. The fourth-order valence-electron chi connectivity index (χ4n) is 4.76. The molecule has 1 aliphatic carbocycles. The number of anilines is 1. The molecule has 4 heteroatoms. The fourth-order valence-corrected chi connectivity index (χ4v) is 4.76. The first-order valence-electron chi connectivity index (χ1n) is 9.46. The summed E-state index contributed by atoms with van der Waals surface area (Å²) in [6.45, 7) is 2.92. The molecule has 0 atom stereocenters. The third-order valence-corrected chi connectivity index (χ3v) is 6.43. The number of nitrogens with zero attached hydrogens (tertiary/aromatic N) is 1. The normalized spacial score (nSPS) is 27.8. The highest BCUT2D eigenvalue weighted by Crippen LogP contribution is 2.47. The molecule has 0 bridgehead atoms. The summed E-state index contributed by atoms with van der Waals surface area (Å²) in [5.41, 5.74) is 3.80. The first-order valence-corrected chi connectivity index (χ1v) is 9.46. The van der Waals surface area contributed by atoms with Gasteiger partial charge < -0.3 is 15.5 Å². The Morgan fingerprint density at radius 2 is 1.58 bits per heavy atom. The fraction of sp³-hybridized carbons (Fsp3) is 0.409. The minimum atomic E-state index is -0.0814. The Labute approximate surface area is 155 Å². The topological polar surface area (TPSA) is 44.4 Å². The van der Waals surface area contributed by atoms with E-state index in [-0.39, 0.29) is 17.1 Å². The van der Waals surface area contributed by atoms with Gasteiger partial charge in [-0.05, 0) is 49.8 Å². The summed E-state index contributed by atoms with van der Waals surface area (Å²) in [5.74, 6) is 0. The van der Waals surface area contributed by atoms with Crippen LogP contribution in [0.4, 0.5) is 10.5 Å². The highest BCUT2D eigenvalue weighted by molar-refractivity contribution is 5.77. The van der Waals surface area contributed by atoms with Gasteiger partial charge in [0.25, 0.3) is 0 Å². The van der Waals surface area contributed by atoms with Crippen LogP contribution < -0.4 is 15.5 Å². The zero-order chi connectivity index (χ0) is 18.2. The van der Waals surface area contributed by atoms with Crippen LogP contribution in [-0.2, 0) is 5.54 Å². The van der Waals surface area contributed by atoms with Crippen molar-refractivity contribution in [1.82, 2.24) is 10.6 Å². The number of benzene rings is 2. The molecule has 4 nitrogen and oxygen atoms in total. The van der Waals surface area contributed by atoms with Crippen molar-refractivity contribution in [3.8, 4) is 0 Å². The van der Waals surface area contributed by atoms with E-state index in [1.54, 1.807) is 0 Å². The largest absolute Gasteiger partial charge is 0.365 e. The molecule has 26 heavy (non-hydrogen) atoms. The lowest BCUT2D eigenvalue weighted by Gasteiger charge is -2.51. The number of urea groups is 1. The van der Waals surface area contributed by atoms with Gasteiger partial charge in [-0.2, -0.15) is 0 Å². The molecule has 0 aromatic heterocycles. The minimum absolute atomic E-state index is 0.0236. The van der Waals surface area contributed by atoms with Gasteiger partial charge >= 0.3 is 6.03 Å². The number of hydrogen-bond donors (Lipinski definition) is 2. The van der Waals surface area contributed by atoms with Gasteiger partial charge in [0.15, 0.2) is 0 Å². The van der Waals surface area contributed by atoms with Crippen LogP contribution in [0.15, 0.2) is 54.6 Å². The van der Waals surface area contributed by atoms with Crippen molar-refractivity contribution in [2.24, 2.45) is 0 Å². The average molecular weight is 349 g/mol. The highest BCUT2D eigenvalue weighted by atomic mass is 16.2. The van der Waals surface area contributed by atoms with Crippen molar-refractivity contribution < 1.29 is 4.79 Å². The van der Waals surface area contributed by atoms with E-state index in [0.717, 1.165) is 32.2 Å². The summed E-state index contributed by atoms with van der Waals surface area (Å²) in [6.07, 6.45) is 4.00. The Kier molecular flexibility index (Phi) is 4.14. The minimum Gasteiger partial charge on any atom is -0.365 e. The average Bonchev–Trinajstić information content (AvgIpc) is 3.04. The first kappa shape index (κ1) is 17.0. The van der Waals surface area contributed by atoms with E-state index in [1.165, 1.54) is 16.8 Å². The van der Waals surface area contributed by atoms with Crippen LogP contribution in [0.2, 0.25) is 0 Å². The van der Waals surface area contributed by atoms with Gasteiger partial charge in [0.05, 0.1) is 11.1 Å². The number of carbonyl (C=O) groups is 1. The van der Waals surface area contributed by atoms with Crippen molar-refractivity contribution >= 4 is 11.7 Å². The van der Waals surface area contributed by atoms with Crippen LogP contribution in [0.25, 0.3) is 0 Å². The van der Waals surface area contributed by atoms with E-state index in [2.05, 4.69) is 84.1 Å². The van der Waals surface area contributed by atoms with Crippen LogP contribution in [-0.4, -0.2) is 25.2 Å². The van der Waals surface area contributed by atoms with E-state index in [1.807, 2.05) is 0 Å². The highest BCUT2D eigenvalue weighted by Gasteiger charge is 2.48. The molecule has 1 spiro atoms. The Hall–Kier alpha value is -2.49. The second kappa shape index (κ2) is 6.35. The molecule has 1 saturated carbocycles. The van der Waals surface area contributed by atoms with Crippen LogP contribution >= 0.6 is 0 Å². The molecule has 1 saturated heterocycles. The lowest BCUT2D eigenvalue weighted by atomic mass is 9.68. The van der Waals surface area contributed by atoms with Gasteiger partial charge in [0, 0.05) is 19.3 Å². The van der Waals surface area contributed by atoms with Crippen molar-refractivity contribution in [2.75, 3.05) is 18.5 Å². The second-order valence-corrected chi connectivity index (χ2v) is 7.83. The molecule has 1 aliphatic heterocycles. The standard InChI is InChI=1S/C22H27N3O/c1-17-8-6-7-11-19(17)25(2)22(18-9-4-3-5-10-18)14-12-21(13-15-22)16-23-20(26)24-21/h3-11H,12-16H2,1-2H3,(H2,23,24,26)/t21-,22+. The van der Waals surface area contributed by atoms with E-state index >= 15 is 0 Å².